The van der Waals surface area contributed by atoms with Gasteiger partial charge in [-0.2, -0.15) is 0 Å². The molecular weight excluding hydrogens is 306 g/mol. The number of hydrogen-bond acceptors (Lipinski definition) is 2. The Morgan fingerprint density at radius 2 is 1.74 bits per heavy atom. The van der Waals surface area contributed by atoms with E-state index in [1.165, 1.54) is 0 Å². The van der Waals surface area contributed by atoms with Crippen LogP contribution in [-0.2, 0) is 4.74 Å². The predicted octanol–water partition coefficient (Wildman–Crippen LogP) is 4.15. The van der Waals surface area contributed by atoms with E-state index in [0.29, 0.717) is 6.61 Å². The Bertz CT molecular complexity index is 583. The topological polar surface area (TPSA) is 29.5 Å². The van der Waals surface area contributed by atoms with Gasteiger partial charge in [-0.15, -0.1) is 0 Å². The van der Waals surface area contributed by atoms with Gasteiger partial charge >= 0.3 is 6.09 Å². The minimum absolute atomic E-state index is 0.0603. The first kappa shape index (κ1) is 12.2. The van der Waals surface area contributed by atoms with Crippen LogP contribution in [0.2, 0.25) is 0 Å². The molecule has 1 amide bonds. The van der Waals surface area contributed by atoms with E-state index in [1.807, 2.05) is 54.6 Å². The van der Waals surface area contributed by atoms with Crippen molar-refractivity contribution in [3.8, 4) is 0 Å². The Morgan fingerprint density at radius 3 is 2.42 bits per heavy atom. The molecule has 4 heteroatoms. The van der Waals surface area contributed by atoms with Crippen LogP contribution in [-0.4, -0.2) is 12.7 Å². The van der Waals surface area contributed by atoms with Crippen molar-refractivity contribution in [3.05, 3.63) is 64.6 Å². The third kappa shape index (κ3) is 2.36. The molecule has 0 spiro atoms. The number of amides is 1. The van der Waals surface area contributed by atoms with Gasteiger partial charge in [-0.3, -0.25) is 4.90 Å². The molecule has 1 fully saturated rings. The van der Waals surface area contributed by atoms with E-state index in [4.69, 9.17) is 4.74 Å². The zero-order valence-electron chi connectivity index (χ0n) is 10.1. The maximum Gasteiger partial charge on any atom is 0.415 e. The number of nitrogens with zero attached hydrogens (tertiary/aromatic N) is 1. The van der Waals surface area contributed by atoms with Crippen LogP contribution in [0, 0.1) is 0 Å². The van der Waals surface area contributed by atoms with Crippen molar-refractivity contribution in [2.45, 2.75) is 6.04 Å². The van der Waals surface area contributed by atoms with E-state index in [2.05, 4.69) is 15.9 Å². The number of hydrogen-bond donors (Lipinski definition) is 0. The van der Waals surface area contributed by atoms with E-state index in [0.717, 1.165) is 15.7 Å². The Kier molecular flexibility index (Phi) is 3.25. The monoisotopic (exact) mass is 317 g/mol. The van der Waals surface area contributed by atoms with E-state index >= 15 is 0 Å². The smallest absolute Gasteiger partial charge is 0.415 e. The van der Waals surface area contributed by atoms with Crippen LogP contribution < -0.4 is 4.90 Å². The second kappa shape index (κ2) is 5.05. The summed E-state index contributed by atoms with van der Waals surface area (Å²) in [6.45, 7) is 0.388. The van der Waals surface area contributed by atoms with Crippen LogP contribution in [0.5, 0.6) is 0 Å². The molecule has 0 N–H and O–H groups in total. The third-order valence-corrected chi connectivity index (χ3v) is 3.69. The second-order valence-electron chi connectivity index (χ2n) is 4.35. The fourth-order valence-corrected chi connectivity index (χ4v) is 2.49. The molecule has 96 valence electrons. The molecule has 0 aromatic heterocycles. The molecular formula is C15H12BrNO2. The summed E-state index contributed by atoms with van der Waals surface area (Å²) in [4.78, 5) is 13.6. The Morgan fingerprint density at radius 1 is 1.05 bits per heavy atom. The fourth-order valence-electron chi connectivity index (χ4n) is 2.23. The fraction of sp³-hybridized carbons (Fsp3) is 0.133. The lowest BCUT2D eigenvalue weighted by atomic mass is 10.1. The number of anilines is 1. The van der Waals surface area contributed by atoms with Gasteiger partial charge in [0.1, 0.15) is 6.61 Å². The molecule has 0 aliphatic carbocycles. The van der Waals surface area contributed by atoms with E-state index in [-0.39, 0.29) is 12.1 Å². The van der Waals surface area contributed by atoms with Crippen LogP contribution in [0.4, 0.5) is 10.5 Å². The van der Waals surface area contributed by atoms with E-state index < -0.39 is 0 Å². The Balaban J connectivity index is 1.97. The van der Waals surface area contributed by atoms with Gasteiger partial charge in [0.25, 0.3) is 0 Å². The van der Waals surface area contributed by atoms with Crippen LogP contribution in [0.25, 0.3) is 0 Å². The summed E-state index contributed by atoms with van der Waals surface area (Å²) >= 11 is 3.39. The summed E-state index contributed by atoms with van der Waals surface area (Å²) in [7, 11) is 0. The van der Waals surface area contributed by atoms with Crippen molar-refractivity contribution in [2.24, 2.45) is 0 Å². The van der Waals surface area contributed by atoms with Crippen LogP contribution in [0.15, 0.2) is 59.1 Å². The predicted molar refractivity (Wildman–Crippen MR) is 77.2 cm³/mol. The molecule has 1 saturated heterocycles. The number of carbonyl (C=O) groups excluding carboxylic acids is 1. The van der Waals surface area contributed by atoms with Gasteiger partial charge in [0, 0.05) is 10.2 Å². The minimum Gasteiger partial charge on any atom is -0.447 e. The molecule has 1 atom stereocenters. The Hall–Kier alpha value is -1.81. The number of benzene rings is 2. The highest BCUT2D eigenvalue weighted by molar-refractivity contribution is 9.10. The van der Waals surface area contributed by atoms with Gasteiger partial charge in [-0.1, -0.05) is 46.3 Å². The van der Waals surface area contributed by atoms with Gasteiger partial charge in [0.2, 0.25) is 0 Å². The first-order valence-electron chi connectivity index (χ1n) is 6.02. The van der Waals surface area contributed by atoms with Crippen molar-refractivity contribution < 1.29 is 9.53 Å². The summed E-state index contributed by atoms with van der Waals surface area (Å²) in [5, 5.41) is 0. The van der Waals surface area contributed by atoms with Gasteiger partial charge in [0.05, 0.1) is 6.04 Å². The maximum atomic E-state index is 11.9. The summed E-state index contributed by atoms with van der Waals surface area (Å²) in [6, 6.07) is 17.5. The van der Waals surface area contributed by atoms with Crippen molar-refractivity contribution >= 4 is 27.7 Å². The highest BCUT2D eigenvalue weighted by Crippen LogP contribution is 2.33. The summed E-state index contributed by atoms with van der Waals surface area (Å²) in [6.07, 6.45) is -0.295. The molecule has 1 aliphatic rings. The van der Waals surface area contributed by atoms with Crippen LogP contribution in [0.3, 0.4) is 0 Å². The standard InChI is InChI=1S/C15H12BrNO2/c16-12-6-8-13(9-7-12)17-14(10-19-15(17)18)11-4-2-1-3-5-11/h1-9,14H,10H2. The van der Waals surface area contributed by atoms with Crippen molar-refractivity contribution in [1.29, 1.82) is 0 Å². The zero-order valence-corrected chi connectivity index (χ0v) is 11.7. The molecule has 0 bridgehead atoms. The molecule has 1 heterocycles. The van der Waals surface area contributed by atoms with Gasteiger partial charge in [0.15, 0.2) is 0 Å². The first-order valence-corrected chi connectivity index (χ1v) is 6.81. The van der Waals surface area contributed by atoms with Gasteiger partial charge < -0.3 is 4.74 Å². The molecule has 1 aliphatic heterocycles. The highest BCUT2D eigenvalue weighted by Gasteiger charge is 2.35. The molecule has 3 rings (SSSR count). The number of carbonyl (C=O) groups is 1. The van der Waals surface area contributed by atoms with Crippen LogP contribution >= 0.6 is 15.9 Å². The van der Waals surface area contributed by atoms with Crippen molar-refractivity contribution in [3.63, 3.8) is 0 Å². The number of rotatable bonds is 2. The molecule has 3 nitrogen and oxygen atoms in total. The van der Waals surface area contributed by atoms with Crippen molar-refractivity contribution in [2.75, 3.05) is 11.5 Å². The largest absolute Gasteiger partial charge is 0.447 e. The maximum absolute atomic E-state index is 11.9. The molecule has 2 aromatic carbocycles. The molecule has 0 saturated carbocycles. The SMILES string of the molecule is O=C1OCC(c2ccccc2)N1c1ccc(Br)cc1. The molecule has 2 aromatic rings. The third-order valence-electron chi connectivity index (χ3n) is 3.16. The quantitative estimate of drug-likeness (QED) is 0.832. The summed E-state index contributed by atoms with van der Waals surface area (Å²) in [5.74, 6) is 0. The molecule has 0 radical (unpaired) electrons. The first-order chi connectivity index (χ1) is 9.25. The normalized spacial score (nSPS) is 18.5. The lowest BCUT2D eigenvalue weighted by Gasteiger charge is -2.21. The van der Waals surface area contributed by atoms with Gasteiger partial charge in [-0.25, -0.2) is 4.79 Å². The average molecular weight is 318 g/mol. The molecule has 1 unspecified atom stereocenters. The lowest BCUT2D eigenvalue weighted by molar-refractivity contribution is 0.179. The highest BCUT2D eigenvalue weighted by atomic mass is 79.9. The van der Waals surface area contributed by atoms with Gasteiger partial charge in [-0.05, 0) is 29.8 Å². The lowest BCUT2D eigenvalue weighted by Crippen LogP contribution is -2.27. The minimum atomic E-state index is -0.295. The zero-order chi connectivity index (χ0) is 13.2. The Labute approximate surface area is 119 Å². The van der Waals surface area contributed by atoms with E-state index in [1.54, 1.807) is 4.90 Å². The van der Waals surface area contributed by atoms with E-state index in [9.17, 15) is 4.79 Å². The average Bonchev–Trinajstić information content (AvgIpc) is 2.83. The van der Waals surface area contributed by atoms with Crippen LogP contribution in [0.1, 0.15) is 11.6 Å². The number of ether oxygens (including phenoxy) is 1. The van der Waals surface area contributed by atoms with Crippen molar-refractivity contribution in [1.82, 2.24) is 0 Å². The second-order valence-corrected chi connectivity index (χ2v) is 5.27. The summed E-state index contributed by atoms with van der Waals surface area (Å²) in [5.41, 5.74) is 1.93. The number of halogens is 1. The summed E-state index contributed by atoms with van der Waals surface area (Å²) < 4.78 is 6.18. The number of cyclic esters (lactones) is 1. The molecule has 19 heavy (non-hydrogen) atoms.